The van der Waals surface area contributed by atoms with Crippen LogP contribution in [0, 0.1) is 11.8 Å². The molecule has 0 spiro atoms. The van der Waals surface area contributed by atoms with Gasteiger partial charge < -0.3 is 15.5 Å². The summed E-state index contributed by atoms with van der Waals surface area (Å²) in [5.74, 6) is 1.63. The molecule has 25 heavy (non-hydrogen) atoms. The Kier molecular flexibility index (Phi) is 9.04. The number of carbonyl (C=O) groups excluding carboxylic acids is 1. The van der Waals surface area contributed by atoms with Gasteiger partial charge in [0.25, 0.3) is 0 Å². The molecule has 3 unspecified atom stereocenters. The molecule has 5 heteroatoms. The van der Waals surface area contributed by atoms with Crippen molar-refractivity contribution in [2.45, 2.75) is 65.3 Å². The number of nitrogens with zero attached hydrogens (tertiary/aromatic N) is 2. The number of carbonyl (C=O) groups is 1. The molecule has 0 bridgehead atoms. The molecule has 146 valence electrons. The van der Waals surface area contributed by atoms with Gasteiger partial charge in [0.15, 0.2) is 0 Å². The maximum absolute atomic E-state index is 12.0. The maximum atomic E-state index is 12.0. The minimum absolute atomic E-state index is 0.0106. The molecule has 0 aliphatic carbocycles. The van der Waals surface area contributed by atoms with Gasteiger partial charge in [-0.05, 0) is 76.9 Å². The molecule has 0 aromatic rings. The first kappa shape index (κ1) is 20.5. The second-order valence-electron chi connectivity index (χ2n) is 8.48. The molecule has 5 nitrogen and oxygen atoms in total. The minimum Gasteiger partial charge on any atom is -0.338 e. The summed E-state index contributed by atoms with van der Waals surface area (Å²) < 4.78 is 0. The number of hydrogen-bond donors (Lipinski definition) is 2. The van der Waals surface area contributed by atoms with Crippen LogP contribution < -0.4 is 10.6 Å². The predicted octanol–water partition coefficient (Wildman–Crippen LogP) is 2.92. The SMILES string of the molecule is CC1CCCN(CCCCNC(=O)NCC(C)N2CCCC(C)C2)C1. The lowest BCUT2D eigenvalue weighted by Gasteiger charge is -2.35. The second-order valence-corrected chi connectivity index (χ2v) is 8.48. The molecule has 0 aromatic heterocycles. The van der Waals surface area contributed by atoms with Crippen molar-refractivity contribution in [2.75, 3.05) is 45.8 Å². The zero-order valence-corrected chi connectivity index (χ0v) is 16.7. The zero-order valence-electron chi connectivity index (χ0n) is 16.7. The quantitative estimate of drug-likeness (QED) is 0.660. The normalized spacial score (nSPS) is 27.0. The van der Waals surface area contributed by atoms with E-state index in [4.69, 9.17) is 0 Å². The number of unbranched alkanes of at least 4 members (excludes halogenated alkanes) is 1. The van der Waals surface area contributed by atoms with E-state index in [-0.39, 0.29) is 6.03 Å². The molecule has 0 aromatic carbocycles. The van der Waals surface area contributed by atoms with Gasteiger partial charge in [-0.3, -0.25) is 4.90 Å². The second kappa shape index (κ2) is 11.0. The number of hydrogen-bond acceptors (Lipinski definition) is 3. The highest BCUT2D eigenvalue weighted by molar-refractivity contribution is 5.73. The van der Waals surface area contributed by atoms with E-state index in [0.717, 1.165) is 31.3 Å². The first-order valence-electron chi connectivity index (χ1n) is 10.5. The highest BCUT2D eigenvalue weighted by atomic mass is 16.2. The fraction of sp³-hybridized carbons (Fsp3) is 0.950. The van der Waals surface area contributed by atoms with Crippen LogP contribution in [0.2, 0.25) is 0 Å². The molecule has 2 amide bonds. The number of likely N-dealkylation sites (tertiary alicyclic amines) is 2. The van der Waals surface area contributed by atoms with Gasteiger partial charge in [-0.2, -0.15) is 0 Å². The standard InChI is InChI=1S/C20H40N4O/c1-17-8-6-12-23(15-17)11-5-4-10-21-20(25)22-14-19(3)24-13-7-9-18(2)16-24/h17-19H,4-16H2,1-3H3,(H2,21,22,25). The molecule has 0 radical (unpaired) electrons. The van der Waals surface area contributed by atoms with Crippen molar-refractivity contribution in [1.82, 2.24) is 20.4 Å². The summed E-state index contributed by atoms with van der Waals surface area (Å²) >= 11 is 0. The summed E-state index contributed by atoms with van der Waals surface area (Å²) in [6.07, 6.45) is 7.59. The van der Waals surface area contributed by atoms with E-state index in [1.54, 1.807) is 0 Å². The Morgan fingerprint density at radius 3 is 2.48 bits per heavy atom. The lowest BCUT2D eigenvalue weighted by Crippen LogP contribution is -2.48. The molecule has 2 rings (SSSR count). The number of urea groups is 1. The third-order valence-electron chi connectivity index (χ3n) is 5.80. The molecule has 2 aliphatic rings. The van der Waals surface area contributed by atoms with Crippen LogP contribution in [-0.2, 0) is 0 Å². The Labute approximate surface area is 154 Å². The molecule has 2 heterocycles. The Hall–Kier alpha value is -0.810. The average Bonchev–Trinajstić information content (AvgIpc) is 2.59. The number of amides is 2. The number of piperidine rings is 2. The highest BCUT2D eigenvalue weighted by Crippen LogP contribution is 2.17. The lowest BCUT2D eigenvalue weighted by molar-refractivity contribution is 0.137. The summed E-state index contributed by atoms with van der Waals surface area (Å²) in [7, 11) is 0. The summed E-state index contributed by atoms with van der Waals surface area (Å²) in [4.78, 5) is 17.0. The van der Waals surface area contributed by atoms with Crippen LogP contribution >= 0.6 is 0 Å². The monoisotopic (exact) mass is 352 g/mol. The van der Waals surface area contributed by atoms with Gasteiger partial charge in [-0.1, -0.05) is 13.8 Å². The van der Waals surface area contributed by atoms with Gasteiger partial charge in [0.1, 0.15) is 0 Å². The lowest BCUT2D eigenvalue weighted by atomic mass is 9.99. The van der Waals surface area contributed by atoms with Gasteiger partial charge in [0.05, 0.1) is 0 Å². The van der Waals surface area contributed by atoms with E-state index in [9.17, 15) is 4.79 Å². The van der Waals surface area contributed by atoms with Crippen molar-refractivity contribution in [3.05, 3.63) is 0 Å². The third kappa shape index (κ3) is 7.95. The topological polar surface area (TPSA) is 47.6 Å². The van der Waals surface area contributed by atoms with Gasteiger partial charge in [0, 0.05) is 32.2 Å². The van der Waals surface area contributed by atoms with E-state index < -0.39 is 0 Å². The smallest absolute Gasteiger partial charge is 0.314 e. The van der Waals surface area contributed by atoms with Crippen LogP contribution in [0.3, 0.4) is 0 Å². The molecular formula is C20H40N4O. The Balaban J connectivity index is 1.48. The van der Waals surface area contributed by atoms with Crippen molar-refractivity contribution in [3.63, 3.8) is 0 Å². The molecule has 2 saturated heterocycles. The van der Waals surface area contributed by atoms with Crippen LogP contribution in [0.5, 0.6) is 0 Å². The zero-order chi connectivity index (χ0) is 18.1. The fourth-order valence-electron chi connectivity index (χ4n) is 4.21. The van der Waals surface area contributed by atoms with E-state index in [2.05, 4.69) is 41.2 Å². The van der Waals surface area contributed by atoms with Crippen LogP contribution in [0.15, 0.2) is 0 Å². The van der Waals surface area contributed by atoms with Crippen molar-refractivity contribution >= 4 is 6.03 Å². The van der Waals surface area contributed by atoms with Crippen molar-refractivity contribution in [3.8, 4) is 0 Å². The van der Waals surface area contributed by atoms with E-state index in [1.807, 2.05) is 0 Å². The molecule has 2 N–H and O–H groups in total. The van der Waals surface area contributed by atoms with Crippen molar-refractivity contribution < 1.29 is 4.79 Å². The van der Waals surface area contributed by atoms with E-state index >= 15 is 0 Å². The maximum Gasteiger partial charge on any atom is 0.314 e. The van der Waals surface area contributed by atoms with Crippen molar-refractivity contribution in [1.29, 1.82) is 0 Å². The Morgan fingerprint density at radius 1 is 1.04 bits per heavy atom. The van der Waals surface area contributed by atoms with Gasteiger partial charge in [-0.25, -0.2) is 4.79 Å². The van der Waals surface area contributed by atoms with Crippen LogP contribution in [0.4, 0.5) is 4.79 Å². The Bertz CT molecular complexity index is 390. The summed E-state index contributed by atoms with van der Waals surface area (Å²) in [5, 5.41) is 6.05. The molecule has 0 saturated carbocycles. The number of nitrogens with one attached hydrogen (secondary N) is 2. The third-order valence-corrected chi connectivity index (χ3v) is 5.80. The average molecular weight is 353 g/mol. The van der Waals surface area contributed by atoms with Gasteiger partial charge >= 0.3 is 6.03 Å². The molecule has 2 aliphatic heterocycles. The van der Waals surface area contributed by atoms with Crippen LogP contribution in [-0.4, -0.2) is 67.7 Å². The van der Waals surface area contributed by atoms with Gasteiger partial charge in [0.2, 0.25) is 0 Å². The number of rotatable bonds is 8. The molecular weight excluding hydrogens is 312 g/mol. The fourth-order valence-corrected chi connectivity index (χ4v) is 4.21. The Morgan fingerprint density at radius 2 is 1.76 bits per heavy atom. The predicted molar refractivity (Wildman–Crippen MR) is 105 cm³/mol. The van der Waals surface area contributed by atoms with Gasteiger partial charge in [-0.15, -0.1) is 0 Å². The summed E-state index contributed by atoms with van der Waals surface area (Å²) in [6, 6.07) is 0.415. The highest BCUT2D eigenvalue weighted by Gasteiger charge is 2.21. The minimum atomic E-state index is -0.0106. The van der Waals surface area contributed by atoms with Crippen LogP contribution in [0.1, 0.15) is 59.3 Å². The van der Waals surface area contributed by atoms with E-state index in [1.165, 1.54) is 64.8 Å². The van der Waals surface area contributed by atoms with Crippen LogP contribution in [0.25, 0.3) is 0 Å². The largest absolute Gasteiger partial charge is 0.338 e. The van der Waals surface area contributed by atoms with Crippen molar-refractivity contribution in [2.24, 2.45) is 11.8 Å². The first-order valence-corrected chi connectivity index (χ1v) is 10.5. The molecule has 3 atom stereocenters. The molecule has 2 fully saturated rings. The van der Waals surface area contributed by atoms with E-state index in [0.29, 0.717) is 6.04 Å². The summed E-state index contributed by atoms with van der Waals surface area (Å²) in [5.41, 5.74) is 0. The first-order chi connectivity index (χ1) is 12.0. The summed E-state index contributed by atoms with van der Waals surface area (Å²) in [6.45, 7) is 14.4.